The molecule has 0 aromatic rings. The molecule has 1 saturated heterocycles. The zero-order valence-electron chi connectivity index (χ0n) is 6.27. The summed E-state index contributed by atoms with van der Waals surface area (Å²) in [5.74, 6) is -1.05. The molecule has 6 heteroatoms. The SMILES string of the molecule is Cl.O=C(O)C1CCCN1C(=O)O. The van der Waals surface area contributed by atoms with Crippen molar-refractivity contribution in [3.8, 4) is 0 Å². The molecule has 0 spiro atoms. The van der Waals surface area contributed by atoms with Gasteiger partial charge >= 0.3 is 12.1 Å². The predicted octanol–water partition coefficient (Wildman–Crippen LogP) is 0.635. The van der Waals surface area contributed by atoms with Gasteiger partial charge in [-0.3, -0.25) is 4.90 Å². The zero-order chi connectivity index (χ0) is 8.43. The molecule has 0 aromatic carbocycles. The van der Waals surface area contributed by atoms with Crippen LogP contribution >= 0.6 is 12.4 Å². The normalized spacial score (nSPS) is 21.7. The Balaban J connectivity index is 0.00000121. The van der Waals surface area contributed by atoms with Gasteiger partial charge in [-0.25, -0.2) is 9.59 Å². The van der Waals surface area contributed by atoms with E-state index in [9.17, 15) is 9.59 Å². The van der Waals surface area contributed by atoms with E-state index in [1.165, 1.54) is 0 Å². The van der Waals surface area contributed by atoms with E-state index in [4.69, 9.17) is 10.2 Å². The van der Waals surface area contributed by atoms with E-state index in [-0.39, 0.29) is 12.4 Å². The van der Waals surface area contributed by atoms with Crippen LogP contribution in [0.2, 0.25) is 0 Å². The fourth-order valence-corrected chi connectivity index (χ4v) is 1.25. The number of carboxylic acid groups (broad SMARTS) is 2. The van der Waals surface area contributed by atoms with Crippen LogP contribution in [-0.2, 0) is 4.79 Å². The molecule has 12 heavy (non-hydrogen) atoms. The number of rotatable bonds is 1. The maximum atomic E-state index is 10.4. The van der Waals surface area contributed by atoms with Crippen LogP contribution in [0, 0.1) is 0 Å². The Morgan fingerprint density at radius 2 is 1.92 bits per heavy atom. The standard InChI is InChI=1S/C6H9NO4.ClH/c8-5(9)4-2-1-3-7(4)6(10)11;/h4H,1-3H2,(H,8,9)(H,10,11);1H. The molecule has 70 valence electrons. The first-order valence-corrected chi connectivity index (χ1v) is 3.35. The van der Waals surface area contributed by atoms with Crippen molar-refractivity contribution in [3.05, 3.63) is 0 Å². The lowest BCUT2D eigenvalue weighted by atomic mass is 10.2. The van der Waals surface area contributed by atoms with Crippen molar-refractivity contribution in [3.63, 3.8) is 0 Å². The predicted molar refractivity (Wildman–Crippen MR) is 42.6 cm³/mol. The lowest BCUT2D eigenvalue weighted by molar-refractivity contribution is -0.141. The number of carbonyl (C=O) groups is 2. The van der Waals surface area contributed by atoms with E-state index in [2.05, 4.69) is 0 Å². The summed E-state index contributed by atoms with van der Waals surface area (Å²) in [6.45, 7) is 0.340. The summed E-state index contributed by atoms with van der Waals surface area (Å²) >= 11 is 0. The molecule has 0 radical (unpaired) electrons. The van der Waals surface area contributed by atoms with Crippen LogP contribution in [0.25, 0.3) is 0 Å². The highest BCUT2D eigenvalue weighted by atomic mass is 35.5. The smallest absolute Gasteiger partial charge is 0.408 e. The van der Waals surface area contributed by atoms with E-state index in [1.54, 1.807) is 0 Å². The zero-order valence-corrected chi connectivity index (χ0v) is 7.08. The summed E-state index contributed by atoms with van der Waals surface area (Å²) in [5, 5.41) is 17.0. The number of likely N-dealkylation sites (tertiary alicyclic amines) is 1. The molecule has 0 aliphatic carbocycles. The Hall–Kier alpha value is -0.970. The number of aliphatic carboxylic acids is 1. The Bertz CT molecular complexity index is 176. The lowest BCUT2D eigenvalue weighted by Gasteiger charge is -2.16. The summed E-state index contributed by atoms with van der Waals surface area (Å²) < 4.78 is 0. The first kappa shape index (κ1) is 11.0. The van der Waals surface area contributed by atoms with Crippen molar-refractivity contribution < 1.29 is 19.8 Å². The second kappa shape index (κ2) is 4.15. The fraction of sp³-hybridized carbons (Fsp3) is 0.667. The summed E-state index contributed by atoms with van der Waals surface area (Å²) in [6, 6.07) is -0.826. The molecular weight excluding hydrogens is 186 g/mol. The van der Waals surface area contributed by atoms with Crippen LogP contribution in [0.5, 0.6) is 0 Å². The average molecular weight is 196 g/mol. The second-order valence-electron chi connectivity index (χ2n) is 2.47. The van der Waals surface area contributed by atoms with E-state index in [1.807, 2.05) is 0 Å². The van der Waals surface area contributed by atoms with Crippen molar-refractivity contribution in [1.29, 1.82) is 0 Å². The quantitative estimate of drug-likeness (QED) is 0.644. The molecule has 1 heterocycles. The molecule has 2 N–H and O–H groups in total. The minimum absolute atomic E-state index is 0. The van der Waals surface area contributed by atoms with Crippen LogP contribution in [0.3, 0.4) is 0 Å². The molecule has 0 saturated carbocycles. The fourth-order valence-electron chi connectivity index (χ4n) is 1.25. The summed E-state index contributed by atoms with van der Waals surface area (Å²) in [7, 11) is 0. The number of halogens is 1. The Kier molecular flexibility index (Phi) is 3.82. The summed E-state index contributed by atoms with van der Waals surface area (Å²) in [6.07, 6.45) is -0.0693. The van der Waals surface area contributed by atoms with Gasteiger partial charge in [0.05, 0.1) is 0 Å². The molecule has 1 amide bonds. The summed E-state index contributed by atoms with van der Waals surface area (Å²) in [5.41, 5.74) is 0. The van der Waals surface area contributed by atoms with E-state index in [0.29, 0.717) is 19.4 Å². The van der Waals surface area contributed by atoms with Crippen LogP contribution < -0.4 is 0 Å². The molecule has 0 bridgehead atoms. The number of nitrogens with zero attached hydrogens (tertiary/aromatic N) is 1. The van der Waals surface area contributed by atoms with Crippen molar-refractivity contribution in [2.45, 2.75) is 18.9 Å². The van der Waals surface area contributed by atoms with Gasteiger partial charge in [0.15, 0.2) is 0 Å². The second-order valence-corrected chi connectivity index (χ2v) is 2.47. The van der Waals surface area contributed by atoms with E-state index < -0.39 is 18.1 Å². The van der Waals surface area contributed by atoms with Crippen LogP contribution in [0.4, 0.5) is 4.79 Å². The molecule has 1 rings (SSSR count). The van der Waals surface area contributed by atoms with Gasteiger partial charge in [0, 0.05) is 6.54 Å². The Morgan fingerprint density at radius 3 is 2.25 bits per heavy atom. The first-order chi connectivity index (χ1) is 5.13. The van der Waals surface area contributed by atoms with Gasteiger partial charge in [-0.2, -0.15) is 0 Å². The minimum atomic E-state index is -1.14. The molecule has 1 fully saturated rings. The van der Waals surface area contributed by atoms with Gasteiger partial charge in [-0.15, -0.1) is 12.4 Å². The highest BCUT2D eigenvalue weighted by Gasteiger charge is 2.33. The van der Waals surface area contributed by atoms with Crippen molar-refractivity contribution in [2.24, 2.45) is 0 Å². The third-order valence-corrected chi connectivity index (χ3v) is 1.78. The molecule has 1 aliphatic heterocycles. The number of amides is 1. The van der Waals surface area contributed by atoms with Crippen LogP contribution in [-0.4, -0.2) is 39.8 Å². The third-order valence-electron chi connectivity index (χ3n) is 1.78. The van der Waals surface area contributed by atoms with E-state index in [0.717, 1.165) is 4.90 Å². The van der Waals surface area contributed by atoms with Gasteiger partial charge in [0.25, 0.3) is 0 Å². The number of hydrogen-bond donors (Lipinski definition) is 2. The van der Waals surface area contributed by atoms with Crippen LogP contribution in [0.1, 0.15) is 12.8 Å². The third kappa shape index (κ3) is 2.01. The van der Waals surface area contributed by atoms with Gasteiger partial charge in [0.1, 0.15) is 6.04 Å². The summed E-state index contributed by atoms with van der Waals surface area (Å²) in [4.78, 5) is 21.8. The molecule has 1 atom stereocenters. The van der Waals surface area contributed by atoms with Gasteiger partial charge < -0.3 is 10.2 Å². The lowest BCUT2D eigenvalue weighted by Crippen LogP contribution is -2.39. The monoisotopic (exact) mass is 195 g/mol. The average Bonchev–Trinajstić information content (AvgIpc) is 2.32. The molecular formula is C6H10ClNO4. The van der Waals surface area contributed by atoms with Gasteiger partial charge in [-0.05, 0) is 12.8 Å². The topological polar surface area (TPSA) is 77.8 Å². The Labute approximate surface area is 75.4 Å². The molecule has 5 nitrogen and oxygen atoms in total. The first-order valence-electron chi connectivity index (χ1n) is 3.35. The highest BCUT2D eigenvalue weighted by molar-refractivity contribution is 5.85. The maximum Gasteiger partial charge on any atom is 0.408 e. The largest absolute Gasteiger partial charge is 0.480 e. The van der Waals surface area contributed by atoms with Crippen molar-refractivity contribution in [2.75, 3.05) is 6.54 Å². The van der Waals surface area contributed by atoms with Crippen LogP contribution in [0.15, 0.2) is 0 Å². The molecule has 1 aliphatic rings. The minimum Gasteiger partial charge on any atom is -0.480 e. The van der Waals surface area contributed by atoms with Crippen molar-refractivity contribution in [1.82, 2.24) is 4.90 Å². The Morgan fingerprint density at radius 1 is 1.33 bits per heavy atom. The molecule has 0 aromatic heterocycles. The number of carboxylic acids is 1. The van der Waals surface area contributed by atoms with Crippen molar-refractivity contribution >= 4 is 24.5 Å². The van der Waals surface area contributed by atoms with Gasteiger partial charge in [-0.1, -0.05) is 0 Å². The van der Waals surface area contributed by atoms with E-state index >= 15 is 0 Å². The highest BCUT2D eigenvalue weighted by Crippen LogP contribution is 2.16. The number of hydrogen-bond acceptors (Lipinski definition) is 2. The maximum absolute atomic E-state index is 10.4. The molecule has 1 unspecified atom stereocenters. The van der Waals surface area contributed by atoms with Gasteiger partial charge in [0.2, 0.25) is 0 Å².